The van der Waals surface area contributed by atoms with Gasteiger partial charge in [0.1, 0.15) is 6.04 Å². The van der Waals surface area contributed by atoms with Crippen LogP contribution >= 0.6 is 11.8 Å². The summed E-state index contributed by atoms with van der Waals surface area (Å²) in [5, 5.41) is 11.6. The SMILES string of the molecule is CCCCC(=O)N1CSCC1C(=O)Nc1cccc(CCC(=O)O)c1. The van der Waals surface area contributed by atoms with E-state index in [-0.39, 0.29) is 18.2 Å². The van der Waals surface area contributed by atoms with E-state index in [1.165, 1.54) is 0 Å². The van der Waals surface area contributed by atoms with Gasteiger partial charge in [0.25, 0.3) is 0 Å². The molecule has 25 heavy (non-hydrogen) atoms. The largest absolute Gasteiger partial charge is 0.481 e. The normalized spacial score (nSPS) is 16.7. The number of nitrogens with zero attached hydrogens (tertiary/aromatic N) is 1. The Bertz CT molecular complexity index is 635. The van der Waals surface area contributed by atoms with Crippen LogP contribution in [0.25, 0.3) is 0 Å². The number of rotatable bonds is 8. The van der Waals surface area contributed by atoms with E-state index in [0.717, 1.165) is 18.4 Å². The van der Waals surface area contributed by atoms with Crippen LogP contribution in [0.15, 0.2) is 24.3 Å². The predicted molar refractivity (Wildman–Crippen MR) is 98.5 cm³/mol. The third-order valence-electron chi connectivity index (χ3n) is 4.07. The van der Waals surface area contributed by atoms with Gasteiger partial charge in [-0.2, -0.15) is 0 Å². The quantitative estimate of drug-likeness (QED) is 0.741. The molecule has 1 aliphatic heterocycles. The number of carboxylic acid groups (broad SMARTS) is 1. The predicted octanol–water partition coefficient (Wildman–Crippen LogP) is 2.73. The minimum absolute atomic E-state index is 0.0298. The van der Waals surface area contributed by atoms with Gasteiger partial charge >= 0.3 is 5.97 Å². The molecule has 1 atom stereocenters. The fourth-order valence-electron chi connectivity index (χ4n) is 2.66. The molecule has 0 aliphatic carbocycles. The molecule has 0 bridgehead atoms. The summed E-state index contributed by atoms with van der Waals surface area (Å²) in [5.41, 5.74) is 1.49. The Hall–Kier alpha value is -2.02. The average Bonchev–Trinajstić information content (AvgIpc) is 3.08. The molecule has 1 aromatic rings. The van der Waals surface area contributed by atoms with E-state index >= 15 is 0 Å². The highest BCUT2D eigenvalue weighted by molar-refractivity contribution is 7.99. The molecule has 0 radical (unpaired) electrons. The molecule has 0 spiro atoms. The summed E-state index contributed by atoms with van der Waals surface area (Å²) in [5.74, 6) is 0.146. The van der Waals surface area contributed by atoms with Gasteiger partial charge < -0.3 is 15.3 Å². The smallest absolute Gasteiger partial charge is 0.303 e. The summed E-state index contributed by atoms with van der Waals surface area (Å²) in [7, 11) is 0. The Kier molecular flexibility index (Phi) is 7.31. The third kappa shape index (κ3) is 5.77. The van der Waals surface area contributed by atoms with Crippen molar-refractivity contribution in [2.24, 2.45) is 0 Å². The Labute approximate surface area is 152 Å². The number of nitrogens with one attached hydrogen (secondary N) is 1. The fourth-order valence-corrected chi connectivity index (χ4v) is 3.84. The van der Waals surface area contributed by atoms with Gasteiger partial charge in [0.15, 0.2) is 0 Å². The molecule has 2 N–H and O–H groups in total. The van der Waals surface area contributed by atoms with E-state index in [4.69, 9.17) is 5.11 Å². The molecule has 1 saturated heterocycles. The molecular weight excluding hydrogens is 340 g/mol. The first-order valence-electron chi connectivity index (χ1n) is 8.50. The highest BCUT2D eigenvalue weighted by Crippen LogP contribution is 2.24. The van der Waals surface area contributed by atoms with Gasteiger partial charge in [0.05, 0.1) is 5.88 Å². The minimum Gasteiger partial charge on any atom is -0.481 e. The number of amides is 2. The van der Waals surface area contributed by atoms with Crippen molar-refractivity contribution in [3.8, 4) is 0 Å². The summed E-state index contributed by atoms with van der Waals surface area (Å²) in [6, 6.07) is 6.74. The summed E-state index contributed by atoms with van der Waals surface area (Å²) in [6.45, 7) is 2.04. The zero-order valence-corrected chi connectivity index (χ0v) is 15.2. The number of unbranched alkanes of at least 4 members (excludes halogenated alkanes) is 1. The van der Waals surface area contributed by atoms with E-state index in [1.54, 1.807) is 34.9 Å². The molecule has 2 amide bonds. The molecule has 0 saturated carbocycles. The van der Waals surface area contributed by atoms with Crippen molar-refractivity contribution in [3.05, 3.63) is 29.8 Å². The maximum Gasteiger partial charge on any atom is 0.303 e. The Balaban J connectivity index is 1.97. The first-order valence-corrected chi connectivity index (χ1v) is 9.65. The summed E-state index contributed by atoms with van der Waals surface area (Å²) in [6.07, 6.45) is 2.73. The molecule has 136 valence electrons. The van der Waals surface area contributed by atoms with Crippen molar-refractivity contribution in [1.29, 1.82) is 0 Å². The van der Waals surface area contributed by atoms with Gasteiger partial charge in [-0.3, -0.25) is 14.4 Å². The maximum absolute atomic E-state index is 12.6. The van der Waals surface area contributed by atoms with Crippen LogP contribution in [0.4, 0.5) is 5.69 Å². The van der Waals surface area contributed by atoms with Gasteiger partial charge in [0.2, 0.25) is 11.8 Å². The number of aryl methyl sites for hydroxylation is 1. The molecule has 1 unspecified atom stereocenters. The van der Waals surface area contributed by atoms with Crippen molar-refractivity contribution in [1.82, 2.24) is 4.90 Å². The second-order valence-corrected chi connectivity index (χ2v) is 7.07. The summed E-state index contributed by atoms with van der Waals surface area (Å²) >= 11 is 1.58. The van der Waals surface area contributed by atoms with Gasteiger partial charge in [-0.1, -0.05) is 25.5 Å². The summed E-state index contributed by atoms with van der Waals surface area (Å²) < 4.78 is 0. The van der Waals surface area contributed by atoms with Crippen LogP contribution in [0.5, 0.6) is 0 Å². The van der Waals surface area contributed by atoms with Gasteiger partial charge in [-0.25, -0.2) is 0 Å². The molecule has 7 heteroatoms. The van der Waals surface area contributed by atoms with Crippen LogP contribution in [-0.2, 0) is 20.8 Å². The van der Waals surface area contributed by atoms with Gasteiger partial charge in [0, 0.05) is 24.3 Å². The van der Waals surface area contributed by atoms with E-state index in [0.29, 0.717) is 30.2 Å². The Morgan fingerprint density at radius 3 is 2.84 bits per heavy atom. The number of aliphatic carboxylic acids is 1. The Morgan fingerprint density at radius 1 is 1.32 bits per heavy atom. The zero-order valence-electron chi connectivity index (χ0n) is 14.4. The molecule has 1 fully saturated rings. The van der Waals surface area contributed by atoms with Crippen LogP contribution in [0, 0.1) is 0 Å². The molecule has 0 aromatic heterocycles. The average molecular weight is 364 g/mol. The molecule has 6 nitrogen and oxygen atoms in total. The lowest BCUT2D eigenvalue weighted by Crippen LogP contribution is -2.44. The van der Waals surface area contributed by atoms with Crippen molar-refractivity contribution < 1.29 is 19.5 Å². The first-order chi connectivity index (χ1) is 12.0. The lowest BCUT2D eigenvalue weighted by Gasteiger charge is -2.23. The second-order valence-electron chi connectivity index (χ2n) is 6.07. The third-order valence-corrected chi connectivity index (χ3v) is 5.08. The molecule has 1 heterocycles. The monoisotopic (exact) mass is 364 g/mol. The lowest BCUT2D eigenvalue weighted by atomic mass is 10.1. The number of benzene rings is 1. The zero-order chi connectivity index (χ0) is 18.2. The number of anilines is 1. The molecule has 1 aromatic carbocycles. The number of hydrogen-bond donors (Lipinski definition) is 2. The van der Waals surface area contributed by atoms with E-state index in [9.17, 15) is 14.4 Å². The van der Waals surface area contributed by atoms with Crippen molar-refractivity contribution in [2.45, 2.75) is 45.1 Å². The highest BCUT2D eigenvalue weighted by atomic mass is 32.2. The second kappa shape index (κ2) is 9.46. The van der Waals surface area contributed by atoms with Crippen LogP contribution < -0.4 is 5.32 Å². The number of carbonyl (C=O) groups excluding carboxylic acids is 2. The number of hydrogen-bond acceptors (Lipinski definition) is 4. The van der Waals surface area contributed by atoms with Crippen LogP contribution in [0.2, 0.25) is 0 Å². The molecule has 1 aliphatic rings. The van der Waals surface area contributed by atoms with Crippen LogP contribution in [0.3, 0.4) is 0 Å². The minimum atomic E-state index is -0.848. The van der Waals surface area contributed by atoms with E-state index < -0.39 is 12.0 Å². The topological polar surface area (TPSA) is 86.7 Å². The van der Waals surface area contributed by atoms with Crippen molar-refractivity contribution >= 4 is 35.2 Å². The number of carbonyl (C=O) groups is 3. The maximum atomic E-state index is 12.6. The molecular formula is C18H24N2O4S. The highest BCUT2D eigenvalue weighted by Gasteiger charge is 2.34. The van der Waals surface area contributed by atoms with Crippen LogP contribution in [-0.4, -0.2) is 45.5 Å². The van der Waals surface area contributed by atoms with Crippen LogP contribution in [0.1, 0.15) is 38.2 Å². The number of thioether (sulfide) groups is 1. The van der Waals surface area contributed by atoms with Crippen molar-refractivity contribution in [2.75, 3.05) is 16.9 Å². The summed E-state index contributed by atoms with van der Waals surface area (Å²) in [4.78, 5) is 37.2. The molecule has 2 rings (SSSR count). The number of carboxylic acids is 1. The van der Waals surface area contributed by atoms with Gasteiger partial charge in [-0.05, 0) is 30.5 Å². The van der Waals surface area contributed by atoms with E-state index in [2.05, 4.69) is 5.32 Å². The first kappa shape index (κ1) is 19.3. The standard InChI is InChI=1S/C18H24N2O4S/c1-2-3-7-16(21)20-12-25-11-15(20)18(24)19-14-6-4-5-13(10-14)8-9-17(22)23/h4-6,10,15H,2-3,7-9,11-12H2,1H3,(H,19,24)(H,22,23). The lowest BCUT2D eigenvalue weighted by molar-refractivity contribution is -0.137. The van der Waals surface area contributed by atoms with Gasteiger partial charge in [-0.15, -0.1) is 11.8 Å². The van der Waals surface area contributed by atoms with Crippen molar-refractivity contribution in [3.63, 3.8) is 0 Å². The fraction of sp³-hybridized carbons (Fsp3) is 0.500. The Morgan fingerprint density at radius 2 is 2.12 bits per heavy atom. The van der Waals surface area contributed by atoms with E-state index in [1.807, 2.05) is 13.0 Å².